The molecule has 1 aliphatic heterocycles. The van der Waals surface area contributed by atoms with Crippen molar-refractivity contribution in [2.75, 3.05) is 5.32 Å². The molecule has 0 saturated heterocycles. The molecule has 1 N–H and O–H groups in total. The molecule has 2 aromatic carbocycles. The molecule has 0 aromatic heterocycles. The van der Waals surface area contributed by atoms with Gasteiger partial charge in [-0.3, -0.25) is 0 Å². The highest BCUT2D eigenvalue weighted by Gasteiger charge is 2.22. The van der Waals surface area contributed by atoms with Gasteiger partial charge in [-0.1, -0.05) is 18.2 Å². The lowest BCUT2D eigenvalue weighted by atomic mass is 9.99. The first-order valence-corrected chi connectivity index (χ1v) is 6.25. The van der Waals surface area contributed by atoms with Crippen LogP contribution >= 0.6 is 0 Å². The number of hydrogen-bond donors (Lipinski definition) is 1. The standard InChI is InChI=1S/C16H16FN/c1-10-3-4-12(7-11(10)2)16-9-13-8-14(17)5-6-15(13)18-16/h3-8,16,18H,9H2,1-2H3. The van der Waals surface area contributed by atoms with Gasteiger partial charge in [0.25, 0.3) is 0 Å². The lowest BCUT2D eigenvalue weighted by molar-refractivity contribution is 0.626. The summed E-state index contributed by atoms with van der Waals surface area (Å²) in [5.41, 5.74) is 6.00. The Hall–Kier alpha value is -1.83. The summed E-state index contributed by atoms with van der Waals surface area (Å²) >= 11 is 0. The highest BCUT2D eigenvalue weighted by atomic mass is 19.1. The van der Waals surface area contributed by atoms with E-state index in [1.807, 2.05) is 6.07 Å². The zero-order valence-electron chi connectivity index (χ0n) is 10.6. The third-order valence-electron chi connectivity index (χ3n) is 3.75. The molecule has 2 heteroatoms. The van der Waals surface area contributed by atoms with E-state index in [-0.39, 0.29) is 11.9 Å². The molecule has 0 bridgehead atoms. The zero-order valence-corrected chi connectivity index (χ0v) is 10.6. The molecule has 0 spiro atoms. The van der Waals surface area contributed by atoms with Crippen molar-refractivity contribution in [2.45, 2.75) is 26.3 Å². The summed E-state index contributed by atoms with van der Waals surface area (Å²) in [6.07, 6.45) is 0.857. The van der Waals surface area contributed by atoms with Gasteiger partial charge in [0.05, 0.1) is 6.04 Å². The van der Waals surface area contributed by atoms with E-state index in [0.717, 1.165) is 17.7 Å². The van der Waals surface area contributed by atoms with Crippen LogP contribution in [0.25, 0.3) is 0 Å². The van der Waals surface area contributed by atoms with Crippen molar-refractivity contribution in [3.63, 3.8) is 0 Å². The van der Waals surface area contributed by atoms with E-state index >= 15 is 0 Å². The SMILES string of the molecule is Cc1ccc(C2Cc3cc(F)ccc3N2)cc1C. The maximum atomic E-state index is 13.2. The van der Waals surface area contributed by atoms with Gasteiger partial charge >= 0.3 is 0 Å². The van der Waals surface area contributed by atoms with Crippen molar-refractivity contribution in [1.82, 2.24) is 0 Å². The largest absolute Gasteiger partial charge is 0.378 e. The Morgan fingerprint density at radius 1 is 1.06 bits per heavy atom. The van der Waals surface area contributed by atoms with Gasteiger partial charge in [0.2, 0.25) is 0 Å². The Morgan fingerprint density at radius 3 is 2.67 bits per heavy atom. The van der Waals surface area contributed by atoms with Crippen LogP contribution in [0.3, 0.4) is 0 Å². The molecule has 0 fully saturated rings. The molecule has 2 aromatic rings. The molecule has 0 aliphatic carbocycles. The van der Waals surface area contributed by atoms with E-state index in [2.05, 4.69) is 37.4 Å². The number of benzene rings is 2. The number of hydrogen-bond acceptors (Lipinski definition) is 1. The molecule has 0 saturated carbocycles. The number of fused-ring (bicyclic) bond motifs is 1. The summed E-state index contributed by atoms with van der Waals surface area (Å²) in [5.74, 6) is -0.156. The maximum absolute atomic E-state index is 13.2. The average Bonchev–Trinajstić information content (AvgIpc) is 2.75. The van der Waals surface area contributed by atoms with E-state index in [4.69, 9.17) is 0 Å². The minimum absolute atomic E-state index is 0.156. The summed E-state index contributed by atoms with van der Waals surface area (Å²) in [7, 11) is 0. The third kappa shape index (κ3) is 1.88. The van der Waals surface area contributed by atoms with Crippen molar-refractivity contribution < 1.29 is 4.39 Å². The van der Waals surface area contributed by atoms with Crippen LogP contribution in [0.5, 0.6) is 0 Å². The Morgan fingerprint density at radius 2 is 1.89 bits per heavy atom. The number of rotatable bonds is 1. The second-order valence-electron chi connectivity index (χ2n) is 5.05. The Balaban J connectivity index is 1.91. The van der Waals surface area contributed by atoms with Crippen molar-refractivity contribution in [2.24, 2.45) is 0 Å². The van der Waals surface area contributed by atoms with Crippen LogP contribution in [0.2, 0.25) is 0 Å². The molecule has 1 unspecified atom stereocenters. The number of nitrogens with one attached hydrogen (secondary N) is 1. The van der Waals surface area contributed by atoms with E-state index < -0.39 is 0 Å². The lowest BCUT2D eigenvalue weighted by Crippen LogP contribution is -2.06. The summed E-state index contributed by atoms with van der Waals surface area (Å²) < 4.78 is 13.2. The van der Waals surface area contributed by atoms with Crippen molar-refractivity contribution in [1.29, 1.82) is 0 Å². The van der Waals surface area contributed by atoms with Gasteiger partial charge in [-0.2, -0.15) is 0 Å². The maximum Gasteiger partial charge on any atom is 0.123 e. The highest BCUT2D eigenvalue weighted by Crippen LogP contribution is 2.34. The fourth-order valence-corrected chi connectivity index (χ4v) is 2.51. The predicted molar refractivity (Wildman–Crippen MR) is 72.4 cm³/mol. The van der Waals surface area contributed by atoms with E-state index in [1.165, 1.54) is 22.8 Å². The molecular formula is C16H16FN. The third-order valence-corrected chi connectivity index (χ3v) is 3.75. The van der Waals surface area contributed by atoms with Crippen molar-refractivity contribution in [3.8, 4) is 0 Å². The molecule has 18 heavy (non-hydrogen) atoms. The van der Waals surface area contributed by atoms with Gasteiger partial charge in [-0.05, 0) is 60.7 Å². The predicted octanol–water partition coefficient (Wildman–Crippen LogP) is 4.15. The fourth-order valence-electron chi connectivity index (χ4n) is 2.51. The quantitative estimate of drug-likeness (QED) is 0.790. The van der Waals surface area contributed by atoms with E-state index in [0.29, 0.717) is 0 Å². The molecular weight excluding hydrogens is 225 g/mol. The van der Waals surface area contributed by atoms with Crippen LogP contribution in [0, 0.1) is 19.7 Å². The van der Waals surface area contributed by atoms with Gasteiger partial charge in [0.15, 0.2) is 0 Å². The normalized spacial score (nSPS) is 17.4. The van der Waals surface area contributed by atoms with Crippen molar-refractivity contribution in [3.05, 3.63) is 64.5 Å². The van der Waals surface area contributed by atoms with Gasteiger partial charge in [-0.25, -0.2) is 4.39 Å². The first-order chi connectivity index (χ1) is 8.63. The molecule has 0 radical (unpaired) electrons. The van der Waals surface area contributed by atoms with Crippen molar-refractivity contribution >= 4 is 5.69 Å². The Bertz CT molecular complexity index is 604. The second-order valence-corrected chi connectivity index (χ2v) is 5.05. The zero-order chi connectivity index (χ0) is 12.7. The van der Waals surface area contributed by atoms with Crippen LogP contribution in [0.4, 0.5) is 10.1 Å². The molecule has 3 rings (SSSR count). The van der Waals surface area contributed by atoms with Crippen LogP contribution in [-0.2, 0) is 6.42 Å². The van der Waals surface area contributed by atoms with Crippen LogP contribution in [0.15, 0.2) is 36.4 Å². The smallest absolute Gasteiger partial charge is 0.123 e. The van der Waals surface area contributed by atoms with Gasteiger partial charge < -0.3 is 5.32 Å². The van der Waals surface area contributed by atoms with E-state index in [9.17, 15) is 4.39 Å². The number of anilines is 1. The number of halogens is 1. The lowest BCUT2D eigenvalue weighted by Gasteiger charge is -2.13. The molecule has 1 atom stereocenters. The topological polar surface area (TPSA) is 12.0 Å². The first kappa shape index (κ1) is 11.3. The van der Waals surface area contributed by atoms with Gasteiger partial charge in [-0.15, -0.1) is 0 Å². The van der Waals surface area contributed by atoms with Gasteiger partial charge in [0, 0.05) is 5.69 Å². The number of aryl methyl sites for hydroxylation is 2. The monoisotopic (exact) mass is 241 g/mol. The Kier molecular flexibility index (Phi) is 2.58. The van der Waals surface area contributed by atoms with Crippen LogP contribution < -0.4 is 5.32 Å². The first-order valence-electron chi connectivity index (χ1n) is 6.25. The summed E-state index contributed by atoms with van der Waals surface area (Å²) in [5, 5.41) is 3.46. The van der Waals surface area contributed by atoms with Gasteiger partial charge in [0.1, 0.15) is 5.82 Å². The highest BCUT2D eigenvalue weighted by molar-refractivity contribution is 5.58. The van der Waals surface area contributed by atoms with Crippen LogP contribution in [-0.4, -0.2) is 0 Å². The fraction of sp³-hybridized carbons (Fsp3) is 0.250. The summed E-state index contributed by atoms with van der Waals surface area (Å²) in [6, 6.07) is 11.7. The molecule has 92 valence electrons. The van der Waals surface area contributed by atoms with E-state index in [1.54, 1.807) is 6.07 Å². The second kappa shape index (κ2) is 4.13. The summed E-state index contributed by atoms with van der Waals surface area (Å²) in [6.45, 7) is 4.24. The molecule has 1 aliphatic rings. The summed E-state index contributed by atoms with van der Waals surface area (Å²) in [4.78, 5) is 0. The van der Waals surface area contributed by atoms with Crippen LogP contribution in [0.1, 0.15) is 28.3 Å². The minimum Gasteiger partial charge on any atom is -0.378 e. The molecule has 0 amide bonds. The molecule has 1 heterocycles. The average molecular weight is 241 g/mol. The Labute approximate surface area is 107 Å². The molecule has 1 nitrogen and oxygen atoms in total. The minimum atomic E-state index is -0.156.